The molecule has 9 heteroatoms. The fourth-order valence-corrected chi connectivity index (χ4v) is 4.96. The molecule has 164 valence electrons. The molecule has 1 aromatic rings. The monoisotopic (exact) mass is 436 g/mol. The highest BCUT2D eigenvalue weighted by molar-refractivity contribution is 7.89. The molecule has 0 spiro atoms. The van der Waals surface area contributed by atoms with Gasteiger partial charge in [0, 0.05) is 32.3 Å². The number of ether oxygens (including phenoxy) is 2. The van der Waals surface area contributed by atoms with Crippen molar-refractivity contribution >= 4 is 28.0 Å². The van der Waals surface area contributed by atoms with Gasteiger partial charge in [-0.15, -0.1) is 0 Å². The van der Waals surface area contributed by atoms with Gasteiger partial charge < -0.3 is 14.4 Å². The van der Waals surface area contributed by atoms with Crippen molar-refractivity contribution in [2.45, 2.75) is 24.7 Å². The molecule has 2 saturated heterocycles. The number of morpholine rings is 1. The van der Waals surface area contributed by atoms with Gasteiger partial charge in [0.25, 0.3) is 0 Å². The molecule has 0 radical (unpaired) electrons. The summed E-state index contributed by atoms with van der Waals surface area (Å²) in [5, 5.41) is 0. The quantitative estimate of drug-likeness (QED) is 0.496. The number of carbonyl (C=O) groups is 2. The van der Waals surface area contributed by atoms with Crippen LogP contribution in [0.2, 0.25) is 0 Å². The van der Waals surface area contributed by atoms with E-state index in [1.165, 1.54) is 10.4 Å². The minimum Gasteiger partial charge on any atom is -0.466 e. The van der Waals surface area contributed by atoms with E-state index in [4.69, 9.17) is 9.47 Å². The van der Waals surface area contributed by atoms with Gasteiger partial charge in [0.15, 0.2) is 0 Å². The zero-order valence-electron chi connectivity index (χ0n) is 17.2. The first kappa shape index (κ1) is 22.5. The molecule has 8 nitrogen and oxygen atoms in total. The topological polar surface area (TPSA) is 93.2 Å². The molecule has 30 heavy (non-hydrogen) atoms. The maximum absolute atomic E-state index is 12.6. The van der Waals surface area contributed by atoms with Crippen molar-refractivity contribution in [2.75, 3.05) is 46.0 Å². The lowest BCUT2D eigenvalue weighted by molar-refractivity contribution is -0.150. The molecule has 0 atom stereocenters. The molecular formula is C21H28N2O6S. The Morgan fingerprint density at radius 2 is 1.73 bits per heavy atom. The molecule has 0 N–H and O–H groups in total. The molecule has 0 saturated carbocycles. The average Bonchev–Trinajstić information content (AvgIpc) is 2.78. The molecule has 3 rings (SSSR count). The fourth-order valence-electron chi connectivity index (χ4n) is 3.56. The van der Waals surface area contributed by atoms with Crippen LogP contribution in [0.25, 0.3) is 6.08 Å². The lowest BCUT2D eigenvalue weighted by Crippen LogP contribution is -2.40. The molecule has 2 heterocycles. The first-order valence-corrected chi connectivity index (χ1v) is 11.7. The summed E-state index contributed by atoms with van der Waals surface area (Å²) in [6.45, 7) is 4.70. The Labute approximate surface area is 177 Å². The number of sulfonamides is 1. The predicted octanol–water partition coefficient (Wildman–Crippen LogP) is 1.52. The van der Waals surface area contributed by atoms with E-state index in [2.05, 4.69) is 0 Å². The highest BCUT2D eigenvalue weighted by Crippen LogP contribution is 2.20. The van der Waals surface area contributed by atoms with Crippen molar-refractivity contribution < 1.29 is 27.5 Å². The molecule has 2 fully saturated rings. The van der Waals surface area contributed by atoms with Gasteiger partial charge in [-0.05, 0) is 43.5 Å². The Bertz CT molecular complexity index is 867. The highest BCUT2D eigenvalue weighted by atomic mass is 32.2. The van der Waals surface area contributed by atoms with Crippen molar-refractivity contribution in [3.63, 3.8) is 0 Å². The number of nitrogens with zero attached hydrogens (tertiary/aromatic N) is 2. The van der Waals surface area contributed by atoms with E-state index in [-0.39, 0.29) is 22.7 Å². The van der Waals surface area contributed by atoms with E-state index in [9.17, 15) is 18.0 Å². The average molecular weight is 437 g/mol. The third-order valence-corrected chi connectivity index (χ3v) is 7.25. The number of benzene rings is 1. The standard InChI is InChI=1S/C21H28N2O6S/c1-2-29-21(25)18-9-11-22(12-10-18)20(24)8-5-17-3-6-19(7-4-17)30(26,27)23-13-15-28-16-14-23/h3-8,18H,2,9-16H2,1H3. The number of rotatable bonds is 6. The summed E-state index contributed by atoms with van der Waals surface area (Å²) in [6, 6.07) is 6.48. The van der Waals surface area contributed by atoms with E-state index in [1.54, 1.807) is 42.2 Å². The molecule has 0 bridgehead atoms. The Morgan fingerprint density at radius 1 is 1.10 bits per heavy atom. The van der Waals surface area contributed by atoms with Crippen LogP contribution in [0, 0.1) is 5.92 Å². The lowest BCUT2D eigenvalue weighted by atomic mass is 9.97. The van der Waals surface area contributed by atoms with Crippen molar-refractivity contribution in [1.29, 1.82) is 0 Å². The van der Waals surface area contributed by atoms with E-state index >= 15 is 0 Å². The summed E-state index contributed by atoms with van der Waals surface area (Å²) in [5.41, 5.74) is 0.741. The second-order valence-corrected chi connectivity index (χ2v) is 9.21. The largest absolute Gasteiger partial charge is 0.466 e. The minimum absolute atomic E-state index is 0.123. The summed E-state index contributed by atoms with van der Waals surface area (Å²) >= 11 is 0. The Kier molecular flexibility index (Phi) is 7.63. The van der Waals surface area contributed by atoms with Crippen LogP contribution in [0.3, 0.4) is 0 Å². The van der Waals surface area contributed by atoms with E-state index in [0.29, 0.717) is 58.8 Å². The third-order valence-electron chi connectivity index (χ3n) is 5.33. The Morgan fingerprint density at radius 3 is 2.33 bits per heavy atom. The minimum atomic E-state index is -3.53. The molecule has 2 aliphatic rings. The second-order valence-electron chi connectivity index (χ2n) is 7.27. The van der Waals surface area contributed by atoms with Crippen LogP contribution in [0.4, 0.5) is 0 Å². The SMILES string of the molecule is CCOC(=O)C1CCN(C(=O)C=Cc2ccc(S(=O)(=O)N3CCOCC3)cc2)CC1. The van der Waals surface area contributed by atoms with Crippen molar-refractivity contribution in [2.24, 2.45) is 5.92 Å². The van der Waals surface area contributed by atoms with Gasteiger partial charge in [0.1, 0.15) is 0 Å². The fraction of sp³-hybridized carbons (Fsp3) is 0.524. The van der Waals surface area contributed by atoms with Gasteiger partial charge in [-0.1, -0.05) is 12.1 Å². The summed E-state index contributed by atoms with van der Waals surface area (Å²) in [7, 11) is -3.53. The van der Waals surface area contributed by atoms with Crippen molar-refractivity contribution in [3.05, 3.63) is 35.9 Å². The van der Waals surface area contributed by atoms with Gasteiger partial charge in [0.2, 0.25) is 15.9 Å². The molecule has 2 aliphatic heterocycles. The van der Waals surface area contributed by atoms with Gasteiger partial charge in [0.05, 0.1) is 30.6 Å². The van der Waals surface area contributed by atoms with Crippen LogP contribution in [-0.2, 0) is 29.1 Å². The summed E-state index contributed by atoms with van der Waals surface area (Å²) in [5.74, 6) is -0.450. The van der Waals surface area contributed by atoms with Crippen LogP contribution < -0.4 is 0 Å². The summed E-state index contributed by atoms with van der Waals surface area (Å²) in [4.78, 5) is 26.1. The number of hydrogen-bond donors (Lipinski definition) is 0. The van der Waals surface area contributed by atoms with Crippen LogP contribution in [0.15, 0.2) is 35.2 Å². The maximum atomic E-state index is 12.6. The number of piperidine rings is 1. The summed E-state index contributed by atoms with van der Waals surface area (Å²) in [6.07, 6.45) is 4.36. The lowest BCUT2D eigenvalue weighted by Gasteiger charge is -2.30. The highest BCUT2D eigenvalue weighted by Gasteiger charge is 2.28. The third kappa shape index (κ3) is 5.47. The van der Waals surface area contributed by atoms with Crippen LogP contribution in [0.1, 0.15) is 25.3 Å². The predicted molar refractivity (Wildman–Crippen MR) is 111 cm³/mol. The first-order chi connectivity index (χ1) is 14.4. The van der Waals surface area contributed by atoms with E-state index in [0.717, 1.165) is 5.56 Å². The summed E-state index contributed by atoms with van der Waals surface area (Å²) < 4.78 is 37.0. The van der Waals surface area contributed by atoms with E-state index < -0.39 is 10.0 Å². The second kappa shape index (κ2) is 10.2. The van der Waals surface area contributed by atoms with Crippen LogP contribution >= 0.6 is 0 Å². The van der Waals surface area contributed by atoms with Gasteiger partial charge >= 0.3 is 5.97 Å². The molecular weight excluding hydrogens is 408 g/mol. The number of hydrogen-bond acceptors (Lipinski definition) is 6. The number of esters is 1. The van der Waals surface area contributed by atoms with Crippen LogP contribution in [0.5, 0.6) is 0 Å². The molecule has 0 aliphatic carbocycles. The molecule has 1 amide bonds. The van der Waals surface area contributed by atoms with Gasteiger partial charge in [-0.25, -0.2) is 8.42 Å². The zero-order chi connectivity index (χ0) is 21.6. The normalized spacial score (nSPS) is 19.2. The van der Waals surface area contributed by atoms with E-state index in [1.807, 2.05) is 0 Å². The van der Waals surface area contributed by atoms with Gasteiger partial charge in [-0.2, -0.15) is 4.31 Å². The molecule has 0 aromatic heterocycles. The van der Waals surface area contributed by atoms with Crippen molar-refractivity contribution in [3.8, 4) is 0 Å². The van der Waals surface area contributed by atoms with Crippen molar-refractivity contribution in [1.82, 2.24) is 9.21 Å². The number of likely N-dealkylation sites (tertiary alicyclic amines) is 1. The Balaban J connectivity index is 1.55. The first-order valence-electron chi connectivity index (χ1n) is 10.2. The zero-order valence-corrected chi connectivity index (χ0v) is 18.0. The van der Waals surface area contributed by atoms with Crippen LogP contribution in [-0.4, -0.2) is 75.5 Å². The molecule has 1 aromatic carbocycles. The molecule has 0 unspecified atom stereocenters. The number of amides is 1. The smallest absolute Gasteiger partial charge is 0.309 e. The number of carbonyl (C=O) groups excluding carboxylic acids is 2. The Hall–Kier alpha value is -2.23. The van der Waals surface area contributed by atoms with Gasteiger partial charge in [-0.3, -0.25) is 9.59 Å². The maximum Gasteiger partial charge on any atom is 0.309 e.